The molecule has 0 saturated heterocycles. The molecule has 1 aromatic rings. The van der Waals surface area contributed by atoms with Gasteiger partial charge in [-0.2, -0.15) is 0 Å². The molecule has 0 aromatic heterocycles. The van der Waals surface area contributed by atoms with E-state index in [9.17, 15) is 9.59 Å². The summed E-state index contributed by atoms with van der Waals surface area (Å²) < 4.78 is 0.962. The third kappa shape index (κ3) is 4.34. The molecule has 0 heterocycles. The molecule has 0 bridgehead atoms. The minimum atomic E-state index is -1.25. The first kappa shape index (κ1) is 16.7. The monoisotopic (exact) mass is 341 g/mol. The van der Waals surface area contributed by atoms with Crippen LogP contribution in [0, 0.1) is 5.92 Å². The zero-order valence-corrected chi connectivity index (χ0v) is 13.5. The standard InChI is InChI=1S/C15H20BrNO3/c1-4-10(9-11-7-5-6-8-12(11)16)13(18)17-15(2,3)14(19)20/h5-8,10H,4,9H2,1-3H3,(H,17,18)(H,19,20). The van der Waals surface area contributed by atoms with Crippen molar-refractivity contribution in [3.05, 3.63) is 34.3 Å². The van der Waals surface area contributed by atoms with Crippen LogP contribution < -0.4 is 5.32 Å². The first-order valence-electron chi connectivity index (χ1n) is 6.56. The Hall–Kier alpha value is -1.36. The molecule has 0 spiro atoms. The molecular weight excluding hydrogens is 322 g/mol. The maximum Gasteiger partial charge on any atom is 0.328 e. The molecule has 1 unspecified atom stereocenters. The highest BCUT2D eigenvalue weighted by atomic mass is 79.9. The van der Waals surface area contributed by atoms with E-state index in [-0.39, 0.29) is 11.8 Å². The van der Waals surface area contributed by atoms with Gasteiger partial charge in [-0.05, 0) is 38.3 Å². The van der Waals surface area contributed by atoms with Gasteiger partial charge in [-0.1, -0.05) is 41.1 Å². The molecule has 0 fully saturated rings. The van der Waals surface area contributed by atoms with Gasteiger partial charge in [-0.3, -0.25) is 4.79 Å². The number of nitrogens with one attached hydrogen (secondary N) is 1. The van der Waals surface area contributed by atoms with E-state index >= 15 is 0 Å². The molecule has 1 atom stereocenters. The summed E-state index contributed by atoms with van der Waals surface area (Å²) in [7, 11) is 0. The summed E-state index contributed by atoms with van der Waals surface area (Å²) >= 11 is 3.46. The summed E-state index contributed by atoms with van der Waals surface area (Å²) in [5, 5.41) is 11.6. The number of carboxylic acid groups (broad SMARTS) is 1. The van der Waals surface area contributed by atoms with Crippen molar-refractivity contribution in [2.24, 2.45) is 5.92 Å². The predicted octanol–water partition coefficient (Wildman–Crippen LogP) is 3.00. The SMILES string of the molecule is CCC(Cc1ccccc1Br)C(=O)NC(C)(C)C(=O)O. The van der Waals surface area contributed by atoms with Crippen molar-refractivity contribution >= 4 is 27.8 Å². The van der Waals surface area contributed by atoms with Crippen molar-refractivity contribution in [1.29, 1.82) is 0 Å². The fraction of sp³-hybridized carbons (Fsp3) is 0.467. The molecule has 2 N–H and O–H groups in total. The minimum absolute atomic E-state index is 0.226. The molecule has 0 aliphatic rings. The number of rotatable bonds is 6. The number of amides is 1. The lowest BCUT2D eigenvalue weighted by Crippen LogP contribution is -2.51. The molecule has 1 amide bonds. The van der Waals surface area contributed by atoms with Gasteiger partial charge in [0, 0.05) is 10.4 Å². The van der Waals surface area contributed by atoms with E-state index < -0.39 is 11.5 Å². The summed E-state index contributed by atoms with van der Waals surface area (Å²) in [5.41, 5.74) is -0.207. The Balaban J connectivity index is 2.79. The summed E-state index contributed by atoms with van der Waals surface area (Å²) in [6, 6.07) is 7.73. The van der Waals surface area contributed by atoms with Gasteiger partial charge in [-0.25, -0.2) is 4.79 Å². The third-order valence-corrected chi connectivity index (χ3v) is 4.03. The fourth-order valence-corrected chi connectivity index (χ4v) is 2.26. The van der Waals surface area contributed by atoms with Crippen LogP contribution in [0.5, 0.6) is 0 Å². The number of carbonyl (C=O) groups excluding carboxylic acids is 1. The molecule has 0 radical (unpaired) electrons. The maximum atomic E-state index is 12.2. The van der Waals surface area contributed by atoms with Crippen LogP contribution in [0.1, 0.15) is 32.8 Å². The topological polar surface area (TPSA) is 66.4 Å². The first-order chi connectivity index (χ1) is 9.27. The van der Waals surface area contributed by atoms with Gasteiger partial charge in [0.1, 0.15) is 5.54 Å². The van der Waals surface area contributed by atoms with Crippen molar-refractivity contribution in [3.63, 3.8) is 0 Å². The summed E-state index contributed by atoms with van der Waals surface area (Å²) in [5.74, 6) is -1.51. The molecular formula is C15H20BrNO3. The van der Waals surface area contributed by atoms with Crippen LogP contribution in [-0.4, -0.2) is 22.5 Å². The molecule has 1 rings (SSSR count). The number of benzene rings is 1. The number of hydrogen-bond donors (Lipinski definition) is 2. The van der Waals surface area contributed by atoms with Crippen LogP contribution >= 0.6 is 15.9 Å². The van der Waals surface area contributed by atoms with Crippen LogP contribution in [-0.2, 0) is 16.0 Å². The van der Waals surface area contributed by atoms with Crippen LogP contribution in [0.2, 0.25) is 0 Å². The average molecular weight is 342 g/mol. The van der Waals surface area contributed by atoms with E-state index in [0.29, 0.717) is 12.8 Å². The molecule has 110 valence electrons. The Kier molecular flexibility index (Phi) is 5.74. The Bertz CT molecular complexity index is 500. The van der Waals surface area contributed by atoms with E-state index in [1.165, 1.54) is 13.8 Å². The van der Waals surface area contributed by atoms with Crippen molar-refractivity contribution in [2.45, 2.75) is 39.2 Å². The number of hydrogen-bond acceptors (Lipinski definition) is 2. The zero-order valence-electron chi connectivity index (χ0n) is 11.9. The summed E-state index contributed by atoms with van der Waals surface area (Å²) in [4.78, 5) is 23.3. The van der Waals surface area contributed by atoms with Crippen LogP contribution in [0.4, 0.5) is 0 Å². The second-order valence-corrected chi connectivity index (χ2v) is 6.17. The first-order valence-corrected chi connectivity index (χ1v) is 7.36. The predicted molar refractivity (Wildman–Crippen MR) is 81.5 cm³/mol. The van der Waals surface area contributed by atoms with E-state index in [1.807, 2.05) is 31.2 Å². The molecule has 1 aromatic carbocycles. The Morgan fingerprint density at radius 2 is 1.95 bits per heavy atom. The highest BCUT2D eigenvalue weighted by Gasteiger charge is 2.31. The molecule has 4 nitrogen and oxygen atoms in total. The minimum Gasteiger partial charge on any atom is -0.480 e. The maximum absolute atomic E-state index is 12.2. The number of halogens is 1. The van der Waals surface area contributed by atoms with Crippen LogP contribution in [0.3, 0.4) is 0 Å². The largest absolute Gasteiger partial charge is 0.480 e. The Morgan fingerprint density at radius 1 is 1.35 bits per heavy atom. The van der Waals surface area contributed by atoms with Crippen molar-refractivity contribution < 1.29 is 14.7 Å². The van der Waals surface area contributed by atoms with E-state index in [1.54, 1.807) is 0 Å². The third-order valence-electron chi connectivity index (χ3n) is 3.26. The molecule has 0 aliphatic heterocycles. The zero-order chi connectivity index (χ0) is 15.3. The number of carbonyl (C=O) groups is 2. The smallest absolute Gasteiger partial charge is 0.328 e. The Labute approximate surface area is 127 Å². The van der Waals surface area contributed by atoms with Crippen molar-refractivity contribution in [3.8, 4) is 0 Å². The van der Waals surface area contributed by atoms with Gasteiger partial charge in [0.2, 0.25) is 5.91 Å². The number of aliphatic carboxylic acids is 1. The van der Waals surface area contributed by atoms with E-state index in [2.05, 4.69) is 21.2 Å². The van der Waals surface area contributed by atoms with Crippen LogP contribution in [0.15, 0.2) is 28.7 Å². The van der Waals surface area contributed by atoms with E-state index in [4.69, 9.17) is 5.11 Å². The van der Waals surface area contributed by atoms with Gasteiger partial charge in [-0.15, -0.1) is 0 Å². The Morgan fingerprint density at radius 3 is 2.45 bits per heavy atom. The highest BCUT2D eigenvalue weighted by Crippen LogP contribution is 2.21. The lowest BCUT2D eigenvalue weighted by Gasteiger charge is -2.24. The number of carboxylic acids is 1. The lowest BCUT2D eigenvalue weighted by molar-refractivity contribution is -0.146. The van der Waals surface area contributed by atoms with Gasteiger partial charge >= 0.3 is 5.97 Å². The molecule has 5 heteroatoms. The molecule has 20 heavy (non-hydrogen) atoms. The van der Waals surface area contributed by atoms with Crippen molar-refractivity contribution in [2.75, 3.05) is 0 Å². The second kappa shape index (κ2) is 6.88. The molecule has 0 aliphatic carbocycles. The lowest BCUT2D eigenvalue weighted by atomic mass is 9.94. The van der Waals surface area contributed by atoms with Gasteiger partial charge in [0.25, 0.3) is 0 Å². The molecule has 0 saturated carbocycles. The quantitative estimate of drug-likeness (QED) is 0.835. The van der Waals surface area contributed by atoms with E-state index in [0.717, 1.165) is 10.0 Å². The van der Waals surface area contributed by atoms with Gasteiger partial charge in [0.05, 0.1) is 0 Å². The second-order valence-electron chi connectivity index (χ2n) is 5.32. The average Bonchev–Trinajstić information content (AvgIpc) is 2.36. The van der Waals surface area contributed by atoms with Gasteiger partial charge in [0.15, 0.2) is 0 Å². The van der Waals surface area contributed by atoms with Crippen molar-refractivity contribution in [1.82, 2.24) is 5.32 Å². The van der Waals surface area contributed by atoms with Crippen LogP contribution in [0.25, 0.3) is 0 Å². The summed E-state index contributed by atoms with van der Waals surface area (Å²) in [6.07, 6.45) is 1.24. The fourth-order valence-electron chi connectivity index (χ4n) is 1.82. The normalized spacial score (nSPS) is 12.8. The highest BCUT2D eigenvalue weighted by molar-refractivity contribution is 9.10. The van der Waals surface area contributed by atoms with Gasteiger partial charge < -0.3 is 10.4 Å². The summed E-state index contributed by atoms with van der Waals surface area (Å²) in [6.45, 7) is 4.89.